The number of furan rings is 1. The Bertz CT molecular complexity index is 723. The molecular weight excluding hydrogens is 292 g/mol. The third kappa shape index (κ3) is 4.00. The zero-order valence-corrected chi connectivity index (χ0v) is 11.1. The van der Waals surface area contributed by atoms with E-state index in [1.54, 1.807) is 12.1 Å². The molecule has 9 heteroatoms. The fourth-order valence-electron chi connectivity index (χ4n) is 1.41. The minimum absolute atomic E-state index is 0.137. The molecule has 2 N–H and O–H groups in total. The maximum absolute atomic E-state index is 11.6. The summed E-state index contributed by atoms with van der Waals surface area (Å²) in [5.41, 5.74) is 4.45. The van der Waals surface area contributed by atoms with Crippen LogP contribution in [0.15, 0.2) is 47.0 Å². The monoisotopic (exact) mass is 302 g/mol. The van der Waals surface area contributed by atoms with Gasteiger partial charge in [0.2, 0.25) is 0 Å². The SMILES string of the molecule is O=C(/C=C/c1ccc([N+](=O)[O-])o1)NNC(=O)c1ccccn1. The Kier molecular flexibility index (Phi) is 4.60. The first-order chi connectivity index (χ1) is 10.6. The second-order valence-corrected chi connectivity index (χ2v) is 3.92. The zero-order chi connectivity index (χ0) is 15.9. The summed E-state index contributed by atoms with van der Waals surface area (Å²) in [5, 5.41) is 10.4. The van der Waals surface area contributed by atoms with Crippen LogP contribution < -0.4 is 10.9 Å². The van der Waals surface area contributed by atoms with E-state index in [0.717, 1.165) is 6.08 Å². The van der Waals surface area contributed by atoms with E-state index in [2.05, 4.69) is 15.8 Å². The molecule has 2 amide bonds. The number of carbonyl (C=O) groups excluding carboxylic acids is 2. The van der Waals surface area contributed by atoms with Crippen molar-refractivity contribution in [3.63, 3.8) is 0 Å². The molecule has 2 aromatic rings. The minimum Gasteiger partial charge on any atom is -0.401 e. The summed E-state index contributed by atoms with van der Waals surface area (Å²) < 4.78 is 4.83. The van der Waals surface area contributed by atoms with E-state index in [1.807, 2.05) is 0 Å². The number of hydrazine groups is 1. The molecule has 0 atom stereocenters. The summed E-state index contributed by atoms with van der Waals surface area (Å²) in [7, 11) is 0. The van der Waals surface area contributed by atoms with Crippen molar-refractivity contribution in [1.29, 1.82) is 0 Å². The summed E-state index contributed by atoms with van der Waals surface area (Å²) in [5.74, 6) is -1.50. The molecule has 2 rings (SSSR count). The lowest BCUT2D eigenvalue weighted by molar-refractivity contribution is -0.402. The number of pyridine rings is 1. The van der Waals surface area contributed by atoms with Crippen molar-refractivity contribution >= 4 is 23.8 Å². The zero-order valence-electron chi connectivity index (χ0n) is 11.1. The Morgan fingerprint density at radius 3 is 2.68 bits per heavy atom. The Morgan fingerprint density at radius 2 is 2.05 bits per heavy atom. The highest BCUT2D eigenvalue weighted by Crippen LogP contribution is 2.16. The number of amides is 2. The average molecular weight is 302 g/mol. The van der Waals surface area contributed by atoms with Crippen LogP contribution in [0.25, 0.3) is 6.08 Å². The molecule has 22 heavy (non-hydrogen) atoms. The summed E-state index contributed by atoms with van der Waals surface area (Å²) >= 11 is 0. The lowest BCUT2D eigenvalue weighted by Crippen LogP contribution is -2.41. The number of nitro groups is 1. The highest BCUT2D eigenvalue weighted by molar-refractivity contribution is 5.96. The molecule has 0 aromatic carbocycles. The van der Waals surface area contributed by atoms with Gasteiger partial charge in [-0.05, 0) is 24.3 Å². The van der Waals surface area contributed by atoms with Crippen molar-refractivity contribution in [2.75, 3.05) is 0 Å². The van der Waals surface area contributed by atoms with Crippen LogP contribution in [0, 0.1) is 10.1 Å². The van der Waals surface area contributed by atoms with Crippen LogP contribution in [-0.2, 0) is 4.79 Å². The van der Waals surface area contributed by atoms with Crippen molar-refractivity contribution in [3.8, 4) is 0 Å². The lowest BCUT2D eigenvalue weighted by Gasteiger charge is -2.03. The van der Waals surface area contributed by atoms with Gasteiger partial charge < -0.3 is 4.42 Å². The van der Waals surface area contributed by atoms with Crippen molar-refractivity contribution < 1.29 is 18.9 Å². The molecule has 0 saturated heterocycles. The lowest BCUT2D eigenvalue weighted by atomic mass is 10.3. The smallest absolute Gasteiger partial charge is 0.401 e. The van der Waals surface area contributed by atoms with Crippen molar-refractivity contribution in [1.82, 2.24) is 15.8 Å². The third-order valence-electron chi connectivity index (χ3n) is 2.39. The molecule has 9 nitrogen and oxygen atoms in total. The number of nitrogens with zero attached hydrogens (tertiary/aromatic N) is 2. The van der Waals surface area contributed by atoms with Crippen LogP contribution in [0.5, 0.6) is 0 Å². The molecular formula is C13H10N4O5. The van der Waals surface area contributed by atoms with Gasteiger partial charge in [-0.2, -0.15) is 0 Å². The topological polar surface area (TPSA) is 127 Å². The first kappa shape index (κ1) is 14.9. The molecule has 0 saturated carbocycles. The second-order valence-electron chi connectivity index (χ2n) is 3.92. The van der Waals surface area contributed by atoms with Gasteiger partial charge in [0.25, 0.3) is 11.8 Å². The predicted octanol–water partition coefficient (Wildman–Crippen LogP) is 1.06. The third-order valence-corrected chi connectivity index (χ3v) is 2.39. The maximum Gasteiger partial charge on any atom is 0.433 e. The van der Waals surface area contributed by atoms with E-state index in [0.29, 0.717) is 0 Å². The van der Waals surface area contributed by atoms with E-state index in [4.69, 9.17) is 4.42 Å². The standard InChI is InChI=1S/C13H10N4O5/c18-11(6-4-9-5-7-12(22-9)17(20)21)15-16-13(19)10-3-1-2-8-14-10/h1-8H,(H,15,18)(H,16,19)/b6-4+. The van der Waals surface area contributed by atoms with Gasteiger partial charge in [-0.15, -0.1) is 0 Å². The maximum atomic E-state index is 11.6. The highest BCUT2D eigenvalue weighted by atomic mass is 16.6. The quantitative estimate of drug-likeness (QED) is 0.493. The fourth-order valence-corrected chi connectivity index (χ4v) is 1.41. The molecule has 0 spiro atoms. The molecule has 0 aliphatic carbocycles. The first-order valence-electron chi connectivity index (χ1n) is 6.00. The van der Waals surface area contributed by atoms with E-state index >= 15 is 0 Å². The van der Waals surface area contributed by atoms with Crippen LogP contribution in [0.4, 0.5) is 5.88 Å². The van der Waals surface area contributed by atoms with Crippen LogP contribution in [0.3, 0.4) is 0 Å². The first-order valence-corrected chi connectivity index (χ1v) is 6.00. The summed E-state index contributed by atoms with van der Waals surface area (Å²) in [4.78, 5) is 36.6. The van der Waals surface area contributed by atoms with Crippen LogP contribution in [0.2, 0.25) is 0 Å². The minimum atomic E-state index is -0.690. The van der Waals surface area contributed by atoms with Crippen LogP contribution in [0.1, 0.15) is 16.2 Å². The number of carbonyl (C=O) groups is 2. The van der Waals surface area contributed by atoms with Crippen LogP contribution >= 0.6 is 0 Å². The van der Waals surface area contributed by atoms with Gasteiger partial charge in [0.1, 0.15) is 16.4 Å². The van der Waals surface area contributed by atoms with Crippen molar-refractivity contribution in [2.24, 2.45) is 0 Å². The van der Waals surface area contributed by atoms with Gasteiger partial charge in [-0.25, -0.2) is 0 Å². The van der Waals surface area contributed by atoms with Gasteiger partial charge in [0.05, 0.1) is 6.07 Å². The van der Waals surface area contributed by atoms with E-state index in [1.165, 1.54) is 30.5 Å². The molecule has 0 aliphatic heterocycles. The predicted molar refractivity (Wildman–Crippen MR) is 74.2 cm³/mol. The normalized spacial score (nSPS) is 10.4. The average Bonchev–Trinajstić information content (AvgIpc) is 3.00. The molecule has 0 fully saturated rings. The Morgan fingerprint density at radius 1 is 1.23 bits per heavy atom. The van der Waals surface area contributed by atoms with Crippen molar-refractivity contribution in [2.45, 2.75) is 0 Å². The molecule has 2 aromatic heterocycles. The number of nitrogens with one attached hydrogen (secondary N) is 2. The Hall–Kier alpha value is -3.49. The number of rotatable bonds is 4. The second kappa shape index (κ2) is 6.79. The molecule has 0 aliphatic rings. The summed E-state index contributed by atoms with van der Waals surface area (Å²) in [6.07, 6.45) is 3.73. The molecule has 0 bridgehead atoms. The van der Waals surface area contributed by atoms with Crippen molar-refractivity contribution in [3.05, 3.63) is 64.2 Å². The number of aromatic nitrogens is 1. The molecule has 112 valence electrons. The molecule has 0 unspecified atom stereocenters. The number of hydrogen-bond donors (Lipinski definition) is 2. The molecule has 0 radical (unpaired) electrons. The Labute approximate surface area is 123 Å². The fraction of sp³-hybridized carbons (Fsp3) is 0. The van der Waals surface area contributed by atoms with E-state index in [9.17, 15) is 19.7 Å². The molecule has 2 heterocycles. The van der Waals surface area contributed by atoms with E-state index in [-0.39, 0.29) is 11.5 Å². The van der Waals surface area contributed by atoms with Gasteiger partial charge in [-0.1, -0.05) is 6.07 Å². The highest BCUT2D eigenvalue weighted by Gasteiger charge is 2.10. The largest absolute Gasteiger partial charge is 0.433 e. The Balaban J connectivity index is 1.86. The van der Waals surface area contributed by atoms with Gasteiger partial charge in [0.15, 0.2) is 0 Å². The summed E-state index contributed by atoms with van der Waals surface area (Å²) in [6.45, 7) is 0. The van der Waals surface area contributed by atoms with Gasteiger partial charge in [0, 0.05) is 12.3 Å². The van der Waals surface area contributed by atoms with E-state index < -0.39 is 22.6 Å². The van der Waals surface area contributed by atoms with Gasteiger partial charge >= 0.3 is 5.88 Å². The number of hydrogen-bond acceptors (Lipinski definition) is 6. The van der Waals surface area contributed by atoms with Gasteiger partial charge in [-0.3, -0.25) is 35.5 Å². The van der Waals surface area contributed by atoms with Crippen LogP contribution in [-0.4, -0.2) is 21.7 Å². The summed E-state index contributed by atoms with van der Waals surface area (Å²) in [6, 6.07) is 7.28.